The summed E-state index contributed by atoms with van der Waals surface area (Å²) < 4.78 is 0. The van der Waals surface area contributed by atoms with Gasteiger partial charge in [-0.2, -0.15) is 0 Å². The lowest BCUT2D eigenvalue weighted by Crippen LogP contribution is -2.29. The van der Waals surface area contributed by atoms with E-state index in [9.17, 15) is 4.79 Å². The van der Waals surface area contributed by atoms with E-state index in [2.05, 4.69) is 11.2 Å². The Balaban J connectivity index is 2.29. The minimum atomic E-state index is -0.299. The summed E-state index contributed by atoms with van der Waals surface area (Å²) in [7, 11) is 0. The molecule has 0 aliphatic heterocycles. The zero-order valence-corrected chi connectivity index (χ0v) is 6.92. The van der Waals surface area contributed by atoms with E-state index in [0.29, 0.717) is 6.42 Å². The van der Waals surface area contributed by atoms with Crippen LogP contribution in [0.2, 0.25) is 0 Å². The first-order valence-electron chi connectivity index (χ1n) is 4.13. The predicted molar refractivity (Wildman–Crippen MR) is 45.2 cm³/mol. The maximum atomic E-state index is 11.2. The van der Waals surface area contributed by atoms with Crippen LogP contribution in [0, 0.1) is 18.3 Å². The Morgan fingerprint density at radius 2 is 2.42 bits per heavy atom. The van der Waals surface area contributed by atoms with Crippen molar-refractivity contribution in [2.75, 3.05) is 6.54 Å². The maximum Gasteiger partial charge on any atom is 0.223 e. The van der Waals surface area contributed by atoms with E-state index in [1.54, 1.807) is 0 Å². The SMILES string of the molecule is C#CCNC(=O)C1CCC(O)C1. The standard InChI is InChI=1S/C9H13NO2/c1-2-5-10-9(12)7-3-4-8(11)6-7/h1,7-8,11H,3-6H2,(H,10,12). The number of aliphatic hydroxyl groups is 1. The molecule has 1 rings (SSSR count). The molecule has 3 heteroatoms. The van der Waals surface area contributed by atoms with Crippen molar-refractivity contribution in [1.29, 1.82) is 0 Å². The Morgan fingerprint density at radius 1 is 1.67 bits per heavy atom. The second kappa shape index (κ2) is 4.13. The van der Waals surface area contributed by atoms with Crippen molar-refractivity contribution in [2.45, 2.75) is 25.4 Å². The van der Waals surface area contributed by atoms with Gasteiger partial charge >= 0.3 is 0 Å². The Labute approximate surface area is 72.2 Å². The Kier molecular flexibility index (Phi) is 3.12. The number of hydrogen-bond acceptors (Lipinski definition) is 2. The van der Waals surface area contributed by atoms with Gasteiger partial charge in [-0.15, -0.1) is 6.42 Å². The van der Waals surface area contributed by atoms with Crippen LogP contribution >= 0.6 is 0 Å². The first-order valence-corrected chi connectivity index (χ1v) is 4.13. The van der Waals surface area contributed by atoms with Gasteiger partial charge in [-0.25, -0.2) is 0 Å². The van der Waals surface area contributed by atoms with Gasteiger partial charge in [0.05, 0.1) is 12.6 Å². The van der Waals surface area contributed by atoms with Gasteiger partial charge in [0.15, 0.2) is 0 Å². The number of aliphatic hydroxyl groups excluding tert-OH is 1. The Hall–Kier alpha value is -1.01. The molecule has 3 nitrogen and oxygen atoms in total. The molecular formula is C9H13NO2. The van der Waals surface area contributed by atoms with E-state index in [-0.39, 0.29) is 24.5 Å². The number of terminal acetylenes is 1. The normalized spacial score (nSPS) is 28.0. The number of carbonyl (C=O) groups is 1. The van der Waals surface area contributed by atoms with Crippen LogP contribution in [0.15, 0.2) is 0 Å². The third kappa shape index (κ3) is 2.24. The topological polar surface area (TPSA) is 49.3 Å². The van der Waals surface area contributed by atoms with E-state index in [1.807, 2.05) is 0 Å². The van der Waals surface area contributed by atoms with Crippen LogP contribution in [0.25, 0.3) is 0 Å². The van der Waals surface area contributed by atoms with Crippen LogP contribution in [0.3, 0.4) is 0 Å². The van der Waals surface area contributed by atoms with E-state index in [4.69, 9.17) is 11.5 Å². The largest absolute Gasteiger partial charge is 0.393 e. The molecule has 1 amide bonds. The van der Waals surface area contributed by atoms with E-state index in [0.717, 1.165) is 12.8 Å². The average molecular weight is 167 g/mol. The van der Waals surface area contributed by atoms with Gasteiger partial charge in [0.1, 0.15) is 0 Å². The first-order chi connectivity index (χ1) is 5.74. The van der Waals surface area contributed by atoms with E-state index < -0.39 is 0 Å². The van der Waals surface area contributed by atoms with Gasteiger partial charge in [0.25, 0.3) is 0 Å². The lowest BCUT2D eigenvalue weighted by Gasteiger charge is -2.07. The molecule has 2 atom stereocenters. The van der Waals surface area contributed by atoms with Gasteiger partial charge in [0.2, 0.25) is 5.91 Å². The van der Waals surface area contributed by atoms with Gasteiger partial charge in [-0.05, 0) is 19.3 Å². The molecule has 0 aromatic rings. The molecule has 0 heterocycles. The molecule has 0 aromatic carbocycles. The second-order valence-electron chi connectivity index (χ2n) is 3.09. The summed E-state index contributed by atoms with van der Waals surface area (Å²) in [5, 5.41) is 11.8. The molecule has 1 saturated carbocycles. The highest BCUT2D eigenvalue weighted by Crippen LogP contribution is 2.25. The van der Waals surface area contributed by atoms with Crippen molar-refractivity contribution < 1.29 is 9.90 Å². The van der Waals surface area contributed by atoms with Crippen molar-refractivity contribution >= 4 is 5.91 Å². The fourth-order valence-electron chi connectivity index (χ4n) is 1.48. The highest BCUT2D eigenvalue weighted by Gasteiger charge is 2.27. The Morgan fingerprint density at radius 3 is 2.92 bits per heavy atom. The molecule has 1 aliphatic rings. The van der Waals surface area contributed by atoms with Gasteiger partial charge in [0, 0.05) is 5.92 Å². The van der Waals surface area contributed by atoms with Crippen molar-refractivity contribution in [3.8, 4) is 12.3 Å². The minimum Gasteiger partial charge on any atom is -0.393 e. The summed E-state index contributed by atoms with van der Waals surface area (Å²) in [4.78, 5) is 11.2. The smallest absolute Gasteiger partial charge is 0.223 e. The predicted octanol–water partition coefficient (Wildman–Crippen LogP) is -0.103. The summed E-state index contributed by atoms with van der Waals surface area (Å²) in [6, 6.07) is 0. The molecule has 12 heavy (non-hydrogen) atoms. The summed E-state index contributed by atoms with van der Waals surface area (Å²) in [5.74, 6) is 2.28. The van der Waals surface area contributed by atoms with Gasteiger partial charge in [-0.1, -0.05) is 5.92 Å². The highest BCUT2D eigenvalue weighted by molar-refractivity contribution is 5.79. The molecule has 66 valence electrons. The lowest BCUT2D eigenvalue weighted by molar-refractivity contribution is -0.124. The molecule has 0 radical (unpaired) electrons. The van der Waals surface area contributed by atoms with Gasteiger partial charge in [-0.3, -0.25) is 4.79 Å². The van der Waals surface area contributed by atoms with Gasteiger partial charge < -0.3 is 10.4 Å². The molecule has 0 saturated heterocycles. The van der Waals surface area contributed by atoms with Crippen LogP contribution in [0.5, 0.6) is 0 Å². The van der Waals surface area contributed by atoms with Crippen LogP contribution in [0.1, 0.15) is 19.3 Å². The number of hydrogen-bond donors (Lipinski definition) is 2. The number of amides is 1. The minimum absolute atomic E-state index is 0.0236. The highest BCUT2D eigenvalue weighted by atomic mass is 16.3. The van der Waals surface area contributed by atoms with Crippen LogP contribution in [-0.2, 0) is 4.79 Å². The molecule has 0 bridgehead atoms. The summed E-state index contributed by atoms with van der Waals surface area (Å²) in [6.07, 6.45) is 6.77. The molecule has 0 spiro atoms. The molecule has 2 N–H and O–H groups in total. The quantitative estimate of drug-likeness (QED) is 0.564. The van der Waals surface area contributed by atoms with Crippen LogP contribution < -0.4 is 5.32 Å². The van der Waals surface area contributed by atoms with E-state index >= 15 is 0 Å². The molecule has 0 aromatic heterocycles. The average Bonchev–Trinajstić information content (AvgIpc) is 2.47. The monoisotopic (exact) mass is 167 g/mol. The summed E-state index contributed by atoms with van der Waals surface area (Å²) in [6.45, 7) is 0.283. The lowest BCUT2D eigenvalue weighted by atomic mass is 10.1. The molecule has 1 fully saturated rings. The van der Waals surface area contributed by atoms with Crippen molar-refractivity contribution in [3.63, 3.8) is 0 Å². The maximum absolute atomic E-state index is 11.2. The first kappa shape index (κ1) is 9.08. The zero-order valence-electron chi connectivity index (χ0n) is 6.92. The third-order valence-corrected chi connectivity index (χ3v) is 2.14. The third-order valence-electron chi connectivity index (χ3n) is 2.14. The molecular weight excluding hydrogens is 154 g/mol. The number of rotatable bonds is 2. The van der Waals surface area contributed by atoms with Crippen LogP contribution in [-0.4, -0.2) is 23.7 Å². The van der Waals surface area contributed by atoms with E-state index in [1.165, 1.54) is 0 Å². The number of nitrogens with one attached hydrogen (secondary N) is 1. The Bertz CT molecular complexity index is 207. The number of carbonyl (C=O) groups excluding carboxylic acids is 1. The fourth-order valence-corrected chi connectivity index (χ4v) is 1.48. The second-order valence-corrected chi connectivity index (χ2v) is 3.09. The summed E-state index contributed by atoms with van der Waals surface area (Å²) >= 11 is 0. The molecule has 2 unspecified atom stereocenters. The van der Waals surface area contributed by atoms with Crippen molar-refractivity contribution in [2.24, 2.45) is 5.92 Å². The zero-order chi connectivity index (χ0) is 8.97. The fraction of sp³-hybridized carbons (Fsp3) is 0.667. The van der Waals surface area contributed by atoms with Crippen molar-refractivity contribution in [3.05, 3.63) is 0 Å². The summed E-state index contributed by atoms with van der Waals surface area (Å²) in [5.41, 5.74) is 0. The molecule has 1 aliphatic carbocycles. The van der Waals surface area contributed by atoms with Crippen molar-refractivity contribution in [1.82, 2.24) is 5.32 Å². The van der Waals surface area contributed by atoms with Crippen LogP contribution in [0.4, 0.5) is 0 Å².